The Morgan fingerprint density at radius 1 is 1.00 bits per heavy atom. The minimum Gasteiger partial charge on any atom is -0.495 e. The number of methoxy groups -OCH3 is 1. The molecule has 0 heterocycles. The first kappa shape index (κ1) is 19.6. The third-order valence-electron chi connectivity index (χ3n) is 2.45. The van der Waals surface area contributed by atoms with Gasteiger partial charge in [-0.1, -0.05) is 23.5 Å². The van der Waals surface area contributed by atoms with E-state index in [9.17, 15) is 19.2 Å². The van der Waals surface area contributed by atoms with Crippen molar-refractivity contribution >= 4 is 57.2 Å². The van der Waals surface area contributed by atoms with E-state index in [-0.39, 0.29) is 11.5 Å². The summed E-state index contributed by atoms with van der Waals surface area (Å²) in [6, 6.07) is 4.60. The van der Waals surface area contributed by atoms with Crippen molar-refractivity contribution in [3.63, 3.8) is 0 Å². The molecule has 4 amide bonds. The van der Waals surface area contributed by atoms with Crippen molar-refractivity contribution in [1.29, 1.82) is 0 Å². The van der Waals surface area contributed by atoms with Gasteiger partial charge in [0.15, 0.2) is 0 Å². The SMILES string of the molecule is COc1ccc(NC(=O)CSC(N)=O)cc1NC(=O)CSC(N)=O. The van der Waals surface area contributed by atoms with Crippen LogP contribution in [0.2, 0.25) is 0 Å². The van der Waals surface area contributed by atoms with Crippen LogP contribution in [-0.4, -0.2) is 40.9 Å². The lowest BCUT2D eigenvalue weighted by Gasteiger charge is -2.12. The Kier molecular flexibility index (Phi) is 7.92. The van der Waals surface area contributed by atoms with E-state index < -0.39 is 22.3 Å². The van der Waals surface area contributed by atoms with Gasteiger partial charge in [-0.05, 0) is 18.2 Å². The van der Waals surface area contributed by atoms with Gasteiger partial charge in [0.2, 0.25) is 11.8 Å². The molecule has 130 valence electrons. The summed E-state index contributed by atoms with van der Waals surface area (Å²) in [5.74, 6) is -0.782. The van der Waals surface area contributed by atoms with E-state index in [0.717, 1.165) is 0 Å². The van der Waals surface area contributed by atoms with Crippen molar-refractivity contribution in [3.8, 4) is 5.75 Å². The lowest BCUT2D eigenvalue weighted by Crippen LogP contribution is -2.19. The molecule has 0 radical (unpaired) electrons. The van der Waals surface area contributed by atoms with E-state index in [2.05, 4.69) is 10.6 Å². The Balaban J connectivity index is 2.76. The maximum absolute atomic E-state index is 11.8. The molecule has 0 aliphatic rings. The number of hydrogen-bond acceptors (Lipinski definition) is 7. The molecule has 0 aliphatic carbocycles. The second-order valence-corrected chi connectivity index (χ2v) is 6.19. The molecule has 1 aromatic rings. The zero-order chi connectivity index (χ0) is 18.1. The predicted molar refractivity (Wildman–Crippen MR) is 94.3 cm³/mol. The number of hydrogen-bond donors (Lipinski definition) is 4. The average molecular weight is 372 g/mol. The number of nitrogens with one attached hydrogen (secondary N) is 2. The summed E-state index contributed by atoms with van der Waals surface area (Å²) in [5.41, 5.74) is 10.6. The molecule has 0 aliphatic heterocycles. The fourth-order valence-electron chi connectivity index (χ4n) is 1.54. The van der Waals surface area contributed by atoms with Gasteiger partial charge >= 0.3 is 0 Å². The molecule has 0 spiro atoms. The fourth-order valence-corrected chi connectivity index (χ4v) is 2.23. The third-order valence-corrected chi connectivity index (χ3v) is 3.83. The summed E-state index contributed by atoms with van der Waals surface area (Å²) >= 11 is 1.34. The first-order valence-corrected chi connectivity index (χ1v) is 8.41. The van der Waals surface area contributed by atoms with Crippen molar-refractivity contribution in [3.05, 3.63) is 18.2 Å². The number of ether oxygens (including phenoxy) is 1. The van der Waals surface area contributed by atoms with Crippen LogP contribution >= 0.6 is 23.5 Å². The zero-order valence-corrected chi connectivity index (χ0v) is 14.3. The second kappa shape index (κ2) is 9.67. The number of benzene rings is 1. The maximum Gasteiger partial charge on any atom is 0.276 e. The normalized spacial score (nSPS) is 9.88. The highest BCUT2D eigenvalue weighted by Gasteiger charge is 2.12. The molecule has 0 unspecified atom stereocenters. The van der Waals surface area contributed by atoms with Crippen molar-refractivity contribution in [2.75, 3.05) is 29.2 Å². The highest BCUT2D eigenvalue weighted by atomic mass is 32.2. The van der Waals surface area contributed by atoms with Crippen LogP contribution in [0.25, 0.3) is 0 Å². The molecule has 0 bridgehead atoms. The van der Waals surface area contributed by atoms with E-state index in [0.29, 0.717) is 40.6 Å². The van der Waals surface area contributed by atoms with Gasteiger partial charge < -0.3 is 26.8 Å². The largest absolute Gasteiger partial charge is 0.495 e. The first-order valence-electron chi connectivity index (χ1n) is 6.44. The van der Waals surface area contributed by atoms with Gasteiger partial charge in [-0.3, -0.25) is 19.2 Å². The van der Waals surface area contributed by atoms with Crippen LogP contribution in [0.1, 0.15) is 0 Å². The van der Waals surface area contributed by atoms with Crippen LogP contribution < -0.4 is 26.8 Å². The van der Waals surface area contributed by atoms with E-state index in [1.54, 1.807) is 12.1 Å². The van der Waals surface area contributed by atoms with Gasteiger partial charge in [0.1, 0.15) is 5.75 Å². The molecular weight excluding hydrogens is 356 g/mol. The quantitative estimate of drug-likeness (QED) is 0.560. The fraction of sp³-hybridized carbons (Fsp3) is 0.231. The predicted octanol–water partition coefficient (Wildman–Crippen LogP) is 1.20. The van der Waals surface area contributed by atoms with Crippen LogP contribution in [0.15, 0.2) is 18.2 Å². The molecule has 1 aromatic carbocycles. The smallest absolute Gasteiger partial charge is 0.276 e. The van der Waals surface area contributed by atoms with Gasteiger partial charge in [0, 0.05) is 5.69 Å². The lowest BCUT2D eigenvalue weighted by molar-refractivity contribution is -0.114. The van der Waals surface area contributed by atoms with Gasteiger partial charge in [-0.15, -0.1) is 0 Å². The molecule has 11 heteroatoms. The Hall–Kier alpha value is -2.40. The third kappa shape index (κ3) is 7.24. The lowest BCUT2D eigenvalue weighted by atomic mass is 10.2. The summed E-state index contributed by atoms with van der Waals surface area (Å²) in [7, 11) is 1.42. The van der Waals surface area contributed by atoms with Gasteiger partial charge in [0.25, 0.3) is 10.5 Å². The average Bonchev–Trinajstić information content (AvgIpc) is 2.51. The first-order chi connectivity index (χ1) is 11.3. The maximum atomic E-state index is 11.8. The molecule has 24 heavy (non-hydrogen) atoms. The van der Waals surface area contributed by atoms with Gasteiger partial charge in [-0.25, -0.2) is 0 Å². The molecular formula is C13H16N4O5S2. The molecule has 0 fully saturated rings. The standard InChI is InChI=1S/C13H16N4O5S2/c1-22-9-3-2-7(16-10(18)5-23-12(14)20)4-8(9)17-11(19)6-24-13(15)21/h2-4H,5-6H2,1H3,(H2,14,20)(H2,15,21)(H,16,18)(H,17,19). The number of anilines is 2. The molecule has 0 atom stereocenters. The summed E-state index contributed by atoms with van der Waals surface area (Å²) in [6.07, 6.45) is 0. The zero-order valence-electron chi connectivity index (χ0n) is 12.7. The van der Waals surface area contributed by atoms with Crippen LogP contribution in [0.3, 0.4) is 0 Å². The number of carbonyl (C=O) groups excluding carboxylic acids is 4. The summed E-state index contributed by atoms with van der Waals surface area (Å²) < 4.78 is 5.12. The van der Waals surface area contributed by atoms with Gasteiger partial charge in [0.05, 0.1) is 24.3 Å². The molecule has 1 rings (SSSR count). The number of rotatable bonds is 7. The number of carbonyl (C=O) groups is 4. The number of thioether (sulfide) groups is 2. The Bertz CT molecular complexity index is 653. The summed E-state index contributed by atoms with van der Waals surface area (Å²) in [4.78, 5) is 44.7. The van der Waals surface area contributed by atoms with Gasteiger partial charge in [-0.2, -0.15) is 0 Å². The summed E-state index contributed by atoms with van der Waals surface area (Å²) in [6.45, 7) is 0. The molecule has 0 saturated heterocycles. The number of primary amides is 2. The van der Waals surface area contributed by atoms with Crippen molar-refractivity contribution in [2.24, 2.45) is 11.5 Å². The van der Waals surface area contributed by atoms with E-state index in [1.165, 1.54) is 13.2 Å². The Morgan fingerprint density at radius 2 is 1.54 bits per heavy atom. The Labute approximate surface area is 146 Å². The van der Waals surface area contributed by atoms with Crippen LogP contribution in [0.5, 0.6) is 5.75 Å². The molecule has 0 saturated carbocycles. The van der Waals surface area contributed by atoms with E-state index in [4.69, 9.17) is 16.2 Å². The van der Waals surface area contributed by atoms with Crippen LogP contribution in [0.4, 0.5) is 21.0 Å². The topological polar surface area (TPSA) is 154 Å². The van der Waals surface area contributed by atoms with Crippen molar-refractivity contribution < 1.29 is 23.9 Å². The number of amides is 4. The number of nitrogens with two attached hydrogens (primary N) is 2. The highest BCUT2D eigenvalue weighted by Crippen LogP contribution is 2.28. The van der Waals surface area contributed by atoms with E-state index in [1.807, 2.05) is 0 Å². The minimum absolute atomic E-state index is 0.127. The molecule has 0 aromatic heterocycles. The minimum atomic E-state index is -0.662. The van der Waals surface area contributed by atoms with Crippen LogP contribution in [-0.2, 0) is 9.59 Å². The molecule has 9 nitrogen and oxygen atoms in total. The Morgan fingerprint density at radius 3 is 2.04 bits per heavy atom. The van der Waals surface area contributed by atoms with Crippen LogP contribution in [0, 0.1) is 0 Å². The van der Waals surface area contributed by atoms with E-state index >= 15 is 0 Å². The highest BCUT2D eigenvalue weighted by molar-refractivity contribution is 8.14. The van der Waals surface area contributed by atoms with Crippen molar-refractivity contribution in [1.82, 2.24) is 0 Å². The monoisotopic (exact) mass is 372 g/mol. The summed E-state index contributed by atoms with van der Waals surface area (Å²) in [5, 5.41) is 3.80. The van der Waals surface area contributed by atoms with Crippen molar-refractivity contribution in [2.45, 2.75) is 0 Å². The second-order valence-electron chi connectivity index (χ2n) is 4.23. The molecule has 6 N–H and O–H groups in total.